The second kappa shape index (κ2) is 4.23. The van der Waals surface area contributed by atoms with Gasteiger partial charge in [0.1, 0.15) is 5.82 Å². The molecule has 0 fully saturated rings. The summed E-state index contributed by atoms with van der Waals surface area (Å²) in [4.78, 5) is 11.7. The maximum Gasteiger partial charge on any atom is 0.252 e. The van der Waals surface area contributed by atoms with Crippen LogP contribution in [0.1, 0.15) is 24.2 Å². The van der Waals surface area contributed by atoms with E-state index >= 15 is 0 Å². The first-order valence-electron chi connectivity index (χ1n) is 4.71. The Hall–Kier alpha value is -2.02. The normalized spacial score (nSPS) is 10.6. The molecule has 3 nitrogen and oxygen atoms in total. The topological polar surface area (TPSA) is 55.1 Å². The minimum atomic E-state index is -0.769. The van der Waals surface area contributed by atoms with Crippen LogP contribution >= 0.6 is 0 Å². The summed E-state index contributed by atoms with van der Waals surface area (Å²) in [5, 5.41) is 2.59. The molecule has 0 bridgehead atoms. The fourth-order valence-corrected chi connectivity index (χ4v) is 1.06. The van der Waals surface area contributed by atoms with Crippen molar-refractivity contribution in [1.82, 2.24) is 5.32 Å². The predicted octanol–water partition coefficient (Wildman–Crippen LogP) is 1.55. The molecular weight excluding hydrogens is 207 g/mol. The van der Waals surface area contributed by atoms with Gasteiger partial charge in [0, 0.05) is 5.56 Å². The molecule has 0 heterocycles. The highest BCUT2D eigenvalue weighted by atomic mass is 19.1. The maximum atomic E-state index is 13.1. The quantitative estimate of drug-likeness (QED) is 0.587. The number of halogens is 1. The van der Waals surface area contributed by atoms with E-state index in [1.165, 1.54) is 12.1 Å². The lowest BCUT2D eigenvalue weighted by Crippen LogP contribution is -2.42. The van der Waals surface area contributed by atoms with Gasteiger partial charge in [-0.3, -0.25) is 4.79 Å². The predicted molar refractivity (Wildman–Crippen MR) is 61.2 cm³/mol. The van der Waals surface area contributed by atoms with E-state index in [1.54, 1.807) is 13.8 Å². The molecule has 0 aliphatic heterocycles. The molecule has 1 rings (SSSR count). The molecule has 0 atom stereocenters. The summed E-state index contributed by atoms with van der Waals surface area (Å²) >= 11 is 0. The first-order chi connectivity index (χ1) is 7.35. The van der Waals surface area contributed by atoms with E-state index in [0.29, 0.717) is 0 Å². The lowest BCUT2D eigenvalue weighted by Gasteiger charge is -2.19. The van der Waals surface area contributed by atoms with Crippen molar-refractivity contribution in [2.24, 2.45) is 0 Å². The highest BCUT2D eigenvalue weighted by Gasteiger charge is 2.18. The number of hydrogen-bond donors (Lipinski definition) is 2. The molecule has 1 amide bonds. The number of anilines is 1. The van der Waals surface area contributed by atoms with Crippen LogP contribution < -0.4 is 11.1 Å². The van der Waals surface area contributed by atoms with E-state index < -0.39 is 17.3 Å². The standard InChI is InChI=1S/C12H13FN2O/c1-4-12(2,3)15-11(16)8-5-6-10(14)9(13)7-8/h1,5-7H,14H2,2-3H3,(H,15,16). The van der Waals surface area contributed by atoms with Gasteiger partial charge in [-0.25, -0.2) is 4.39 Å². The van der Waals surface area contributed by atoms with Crippen molar-refractivity contribution in [3.05, 3.63) is 29.6 Å². The van der Waals surface area contributed by atoms with E-state index in [0.717, 1.165) is 6.07 Å². The summed E-state index contributed by atoms with van der Waals surface area (Å²) in [6.45, 7) is 3.36. The van der Waals surface area contributed by atoms with E-state index in [9.17, 15) is 9.18 Å². The second-order valence-electron chi connectivity index (χ2n) is 3.96. The number of benzene rings is 1. The van der Waals surface area contributed by atoms with Crippen molar-refractivity contribution in [1.29, 1.82) is 0 Å². The zero-order chi connectivity index (χ0) is 12.3. The van der Waals surface area contributed by atoms with Gasteiger partial charge in [-0.1, -0.05) is 5.92 Å². The van der Waals surface area contributed by atoms with Crippen LogP contribution in [0.15, 0.2) is 18.2 Å². The number of nitrogens with one attached hydrogen (secondary N) is 1. The van der Waals surface area contributed by atoms with Crippen LogP contribution in [0, 0.1) is 18.2 Å². The molecule has 1 aromatic carbocycles. The van der Waals surface area contributed by atoms with Crippen molar-refractivity contribution < 1.29 is 9.18 Å². The van der Waals surface area contributed by atoms with Gasteiger partial charge in [0.15, 0.2) is 0 Å². The molecule has 0 spiro atoms. The number of hydrogen-bond acceptors (Lipinski definition) is 2. The summed E-state index contributed by atoms with van der Waals surface area (Å²) in [5.41, 5.74) is 4.73. The summed E-state index contributed by atoms with van der Waals surface area (Å²) < 4.78 is 13.1. The molecule has 84 valence electrons. The fourth-order valence-electron chi connectivity index (χ4n) is 1.06. The number of terminal acetylenes is 1. The third-order valence-electron chi connectivity index (χ3n) is 2.05. The first-order valence-corrected chi connectivity index (χ1v) is 4.71. The SMILES string of the molecule is C#CC(C)(C)NC(=O)c1ccc(N)c(F)c1. The van der Waals surface area contributed by atoms with Gasteiger partial charge in [0.2, 0.25) is 0 Å². The van der Waals surface area contributed by atoms with E-state index in [1.807, 2.05) is 0 Å². The van der Waals surface area contributed by atoms with Gasteiger partial charge in [0.25, 0.3) is 5.91 Å². The van der Waals surface area contributed by atoms with Crippen LogP contribution in [-0.4, -0.2) is 11.4 Å². The minimum Gasteiger partial charge on any atom is -0.396 e. The number of nitrogens with two attached hydrogens (primary N) is 1. The van der Waals surface area contributed by atoms with Gasteiger partial charge in [-0.05, 0) is 32.0 Å². The van der Waals surface area contributed by atoms with Gasteiger partial charge in [0.05, 0.1) is 11.2 Å². The summed E-state index contributed by atoms with van der Waals surface area (Å²) in [6.07, 6.45) is 5.23. The molecule has 0 aliphatic carbocycles. The molecule has 0 aliphatic rings. The largest absolute Gasteiger partial charge is 0.396 e. The molecule has 1 aromatic rings. The third kappa shape index (κ3) is 2.74. The minimum absolute atomic E-state index is 0.00719. The smallest absolute Gasteiger partial charge is 0.252 e. The number of carbonyl (C=O) groups excluding carboxylic acids is 1. The molecule has 0 saturated carbocycles. The number of carbonyl (C=O) groups is 1. The van der Waals surface area contributed by atoms with Crippen LogP contribution in [0.4, 0.5) is 10.1 Å². The Labute approximate surface area is 93.8 Å². The molecule has 0 radical (unpaired) electrons. The summed E-state index contributed by atoms with van der Waals surface area (Å²) in [7, 11) is 0. The van der Waals surface area contributed by atoms with Crippen LogP contribution in [0.2, 0.25) is 0 Å². The average Bonchev–Trinajstić information content (AvgIpc) is 2.21. The Balaban J connectivity index is 2.91. The maximum absolute atomic E-state index is 13.1. The molecule has 0 saturated heterocycles. The first kappa shape index (κ1) is 12.1. The molecule has 16 heavy (non-hydrogen) atoms. The zero-order valence-electron chi connectivity index (χ0n) is 9.17. The summed E-state index contributed by atoms with van der Waals surface area (Å²) in [6, 6.07) is 3.87. The molecule has 4 heteroatoms. The molecule has 3 N–H and O–H groups in total. The lowest BCUT2D eigenvalue weighted by atomic mass is 10.1. The molecule has 0 unspecified atom stereocenters. The van der Waals surface area contributed by atoms with Crippen LogP contribution in [0.3, 0.4) is 0 Å². The van der Waals surface area contributed by atoms with Gasteiger partial charge in [-0.2, -0.15) is 0 Å². The van der Waals surface area contributed by atoms with E-state index in [-0.39, 0.29) is 11.3 Å². The van der Waals surface area contributed by atoms with Gasteiger partial charge >= 0.3 is 0 Å². The Morgan fingerprint density at radius 2 is 2.19 bits per heavy atom. The van der Waals surface area contributed by atoms with Gasteiger partial charge in [-0.15, -0.1) is 6.42 Å². The number of rotatable bonds is 2. The highest BCUT2D eigenvalue weighted by Crippen LogP contribution is 2.12. The van der Waals surface area contributed by atoms with Crippen LogP contribution in [0.5, 0.6) is 0 Å². The Bertz CT molecular complexity index is 461. The average molecular weight is 220 g/mol. The van der Waals surface area contributed by atoms with Crippen molar-refractivity contribution in [3.63, 3.8) is 0 Å². The van der Waals surface area contributed by atoms with Crippen LogP contribution in [-0.2, 0) is 0 Å². The van der Waals surface area contributed by atoms with E-state index in [2.05, 4.69) is 11.2 Å². The number of amides is 1. The van der Waals surface area contributed by atoms with Gasteiger partial charge < -0.3 is 11.1 Å². The number of nitrogen functional groups attached to an aromatic ring is 1. The second-order valence-corrected chi connectivity index (χ2v) is 3.96. The van der Waals surface area contributed by atoms with Crippen molar-refractivity contribution in [3.8, 4) is 12.3 Å². The Morgan fingerprint density at radius 1 is 1.56 bits per heavy atom. The monoisotopic (exact) mass is 220 g/mol. The van der Waals surface area contributed by atoms with Crippen LogP contribution in [0.25, 0.3) is 0 Å². The summed E-state index contributed by atoms with van der Waals surface area (Å²) in [5.74, 6) is 1.37. The Morgan fingerprint density at radius 3 is 2.69 bits per heavy atom. The molecule has 0 aromatic heterocycles. The van der Waals surface area contributed by atoms with Crippen molar-refractivity contribution >= 4 is 11.6 Å². The van der Waals surface area contributed by atoms with Crippen molar-refractivity contribution in [2.75, 3.05) is 5.73 Å². The highest BCUT2D eigenvalue weighted by molar-refractivity contribution is 5.95. The van der Waals surface area contributed by atoms with E-state index in [4.69, 9.17) is 12.2 Å². The fraction of sp³-hybridized carbons (Fsp3) is 0.250. The zero-order valence-corrected chi connectivity index (χ0v) is 9.17. The van der Waals surface area contributed by atoms with Crippen molar-refractivity contribution in [2.45, 2.75) is 19.4 Å². The molecular formula is C12H13FN2O. The third-order valence-corrected chi connectivity index (χ3v) is 2.05. The lowest BCUT2D eigenvalue weighted by molar-refractivity contribution is 0.0929. The Kier molecular flexibility index (Phi) is 3.19.